The second-order valence-corrected chi connectivity index (χ2v) is 5.12. The van der Waals surface area contributed by atoms with E-state index in [0.717, 1.165) is 32.5 Å². The van der Waals surface area contributed by atoms with Crippen molar-refractivity contribution in [2.75, 3.05) is 19.7 Å². The second-order valence-electron chi connectivity index (χ2n) is 4.20. The van der Waals surface area contributed by atoms with Crippen LogP contribution in [-0.4, -0.2) is 19.7 Å². The molecule has 1 aromatic rings. The predicted molar refractivity (Wildman–Crippen MR) is 70.4 cm³/mol. The van der Waals surface area contributed by atoms with Crippen molar-refractivity contribution in [1.29, 1.82) is 0 Å². The van der Waals surface area contributed by atoms with Crippen molar-refractivity contribution in [3.63, 3.8) is 0 Å². The van der Waals surface area contributed by atoms with Crippen LogP contribution in [-0.2, 0) is 17.6 Å². The normalized spacial score (nSPS) is 22.9. The van der Waals surface area contributed by atoms with Crippen molar-refractivity contribution in [3.05, 3.63) is 33.3 Å². The SMILES string of the molecule is Brc1cc2c3c(c1)CCOC3CNCC2.Cl. The van der Waals surface area contributed by atoms with Gasteiger partial charge in [0.2, 0.25) is 0 Å². The summed E-state index contributed by atoms with van der Waals surface area (Å²) in [5.74, 6) is 0. The third kappa shape index (κ3) is 2.14. The Morgan fingerprint density at radius 2 is 2.00 bits per heavy atom. The molecule has 0 bridgehead atoms. The summed E-state index contributed by atoms with van der Waals surface area (Å²) in [6, 6.07) is 4.49. The molecule has 3 rings (SSSR count). The molecule has 0 radical (unpaired) electrons. The fraction of sp³-hybridized carbons (Fsp3) is 0.500. The van der Waals surface area contributed by atoms with E-state index in [2.05, 4.69) is 33.4 Å². The molecule has 16 heavy (non-hydrogen) atoms. The Hall–Kier alpha value is -0.0900. The maximum atomic E-state index is 5.83. The standard InChI is InChI=1S/C12H14BrNO.ClH/c13-10-5-8-1-3-14-7-11-12(8)9(6-10)2-4-15-11;/h5-6,11,14H,1-4,7H2;1H. The van der Waals surface area contributed by atoms with E-state index in [9.17, 15) is 0 Å². The average Bonchev–Trinajstić information content (AvgIpc) is 2.42. The summed E-state index contributed by atoms with van der Waals surface area (Å²) >= 11 is 3.59. The van der Waals surface area contributed by atoms with Gasteiger partial charge in [-0.05, 0) is 48.2 Å². The minimum Gasteiger partial charge on any atom is -0.372 e. The zero-order valence-electron chi connectivity index (χ0n) is 8.96. The molecule has 1 atom stereocenters. The van der Waals surface area contributed by atoms with Crippen molar-refractivity contribution in [2.45, 2.75) is 18.9 Å². The molecule has 0 aromatic heterocycles. The van der Waals surface area contributed by atoms with E-state index >= 15 is 0 Å². The van der Waals surface area contributed by atoms with Gasteiger partial charge in [0, 0.05) is 11.0 Å². The van der Waals surface area contributed by atoms with Crippen LogP contribution in [0.5, 0.6) is 0 Å². The summed E-state index contributed by atoms with van der Waals surface area (Å²) in [4.78, 5) is 0. The van der Waals surface area contributed by atoms with E-state index in [4.69, 9.17) is 4.74 Å². The van der Waals surface area contributed by atoms with Gasteiger partial charge in [0.05, 0.1) is 12.7 Å². The lowest BCUT2D eigenvalue weighted by Gasteiger charge is -2.27. The van der Waals surface area contributed by atoms with Gasteiger partial charge in [0.15, 0.2) is 0 Å². The summed E-state index contributed by atoms with van der Waals surface area (Å²) in [7, 11) is 0. The number of benzene rings is 1. The molecule has 1 N–H and O–H groups in total. The first-order valence-electron chi connectivity index (χ1n) is 5.48. The van der Waals surface area contributed by atoms with Crippen LogP contribution in [0.25, 0.3) is 0 Å². The quantitative estimate of drug-likeness (QED) is 0.795. The smallest absolute Gasteiger partial charge is 0.0954 e. The van der Waals surface area contributed by atoms with Crippen LogP contribution in [0.4, 0.5) is 0 Å². The molecule has 1 unspecified atom stereocenters. The molecule has 88 valence electrons. The number of ether oxygens (including phenoxy) is 1. The highest BCUT2D eigenvalue weighted by atomic mass is 79.9. The van der Waals surface area contributed by atoms with Gasteiger partial charge in [-0.2, -0.15) is 0 Å². The third-order valence-corrected chi connectivity index (χ3v) is 3.69. The topological polar surface area (TPSA) is 21.3 Å². The fourth-order valence-electron chi connectivity index (χ4n) is 2.58. The Balaban J connectivity index is 0.000000963. The van der Waals surface area contributed by atoms with Crippen LogP contribution in [0.3, 0.4) is 0 Å². The number of hydrogen-bond donors (Lipinski definition) is 1. The van der Waals surface area contributed by atoms with Crippen LogP contribution < -0.4 is 5.32 Å². The van der Waals surface area contributed by atoms with Gasteiger partial charge in [-0.25, -0.2) is 0 Å². The minimum absolute atomic E-state index is 0. The highest BCUT2D eigenvalue weighted by Gasteiger charge is 2.25. The Morgan fingerprint density at radius 1 is 1.25 bits per heavy atom. The molecule has 2 nitrogen and oxygen atoms in total. The van der Waals surface area contributed by atoms with Gasteiger partial charge in [-0.15, -0.1) is 12.4 Å². The van der Waals surface area contributed by atoms with Crippen molar-refractivity contribution >= 4 is 28.3 Å². The van der Waals surface area contributed by atoms with Crippen LogP contribution in [0.15, 0.2) is 16.6 Å². The van der Waals surface area contributed by atoms with Crippen LogP contribution in [0, 0.1) is 0 Å². The van der Waals surface area contributed by atoms with Crippen LogP contribution in [0.1, 0.15) is 22.8 Å². The largest absolute Gasteiger partial charge is 0.372 e. The Bertz CT molecular complexity index is 397. The molecule has 0 spiro atoms. The minimum atomic E-state index is 0. The van der Waals surface area contributed by atoms with E-state index in [0.29, 0.717) is 0 Å². The van der Waals surface area contributed by atoms with Gasteiger partial charge < -0.3 is 10.1 Å². The summed E-state index contributed by atoms with van der Waals surface area (Å²) < 4.78 is 7.03. The zero-order chi connectivity index (χ0) is 10.3. The molecule has 2 aliphatic heterocycles. The predicted octanol–water partition coefficient (Wildman–Crippen LogP) is 2.63. The second kappa shape index (κ2) is 5.05. The first-order chi connectivity index (χ1) is 7.34. The highest BCUT2D eigenvalue weighted by molar-refractivity contribution is 9.10. The van der Waals surface area contributed by atoms with E-state index < -0.39 is 0 Å². The van der Waals surface area contributed by atoms with E-state index in [1.54, 1.807) is 0 Å². The van der Waals surface area contributed by atoms with Crippen molar-refractivity contribution in [1.82, 2.24) is 5.32 Å². The lowest BCUT2D eigenvalue weighted by molar-refractivity contribution is 0.0441. The number of rotatable bonds is 0. The summed E-state index contributed by atoms with van der Waals surface area (Å²) in [5.41, 5.74) is 4.38. The molecule has 2 heterocycles. The zero-order valence-corrected chi connectivity index (χ0v) is 11.4. The number of nitrogens with one attached hydrogen (secondary N) is 1. The van der Waals surface area contributed by atoms with E-state index in [1.165, 1.54) is 21.2 Å². The molecular formula is C12H15BrClNO. The molecule has 0 fully saturated rings. The summed E-state index contributed by atoms with van der Waals surface area (Å²) in [6.45, 7) is 2.87. The molecule has 4 heteroatoms. The van der Waals surface area contributed by atoms with Gasteiger partial charge in [-0.3, -0.25) is 0 Å². The maximum Gasteiger partial charge on any atom is 0.0954 e. The molecule has 0 aliphatic carbocycles. The lowest BCUT2D eigenvalue weighted by Crippen LogP contribution is -2.25. The van der Waals surface area contributed by atoms with E-state index in [-0.39, 0.29) is 18.5 Å². The molecule has 0 saturated heterocycles. The Kier molecular flexibility index (Phi) is 3.90. The first-order valence-corrected chi connectivity index (χ1v) is 6.27. The summed E-state index contributed by atoms with van der Waals surface area (Å²) in [6.07, 6.45) is 2.44. The molecular weight excluding hydrogens is 289 g/mol. The molecule has 0 saturated carbocycles. The van der Waals surface area contributed by atoms with Gasteiger partial charge in [0.1, 0.15) is 0 Å². The molecule has 0 amide bonds. The van der Waals surface area contributed by atoms with Crippen LogP contribution in [0.2, 0.25) is 0 Å². The lowest BCUT2D eigenvalue weighted by atomic mass is 9.92. The van der Waals surface area contributed by atoms with Crippen LogP contribution >= 0.6 is 28.3 Å². The average molecular weight is 305 g/mol. The summed E-state index contributed by atoms with van der Waals surface area (Å²) in [5, 5.41) is 3.44. The highest BCUT2D eigenvalue weighted by Crippen LogP contribution is 2.33. The Morgan fingerprint density at radius 3 is 2.81 bits per heavy atom. The number of halogens is 2. The molecule has 2 aliphatic rings. The van der Waals surface area contributed by atoms with Gasteiger partial charge in [0.25, 0.3) is 0 Å². The van der Waals surface area contributed by atoms with Gasteiger partial charge in [-0.1, -0.05) is 15.9 Å². The van der Waals surface area contributed by atoms with E-state index in [1.807, 2.05) is 0 Å². The maximum absolute atomic E-state index is 5.83. The van der Waals surface area contributed by atoms with Crippen molar-refractivity contribution < 1.29 is 4.74 Å². The number of hydrogen-bond acceptors (Lipinski definition) is 2. The van der Waals surface area contributed by atoms with Crippen molar-refractivity contribution in [3.8, 4) is 0 Å². The monoisotopic (exact) mass is 303 g/mol. The first kappa shape index (κ1) is 12.4. The third-order valence-electron chi connectivity index (χ3n) is 3.23. The Labute approximate surface area is 110 Å². The van der Waals surface area contributed by atoms with Crippen molar-refractivity contribution in [2.24, 2.45) is 0 Å². The fourth-order valence-corrected chi connectivity index (χ4v) is 3.13. The molecule has 1 aromatic carbocycles. The van der Waals surface area contributed by atoms with Gasteiger partial charge >= 0.3 is 0 Å².